The molecule has 1 heterocycles. The summed E-state index contributed by atoms with van der Waals surface area (Å²) in [7, 11) is 0. The SMILES string of the molecule is CC.CCC.Cc1cccc(-c2nc(-c3cccc(-c4ccccc4)c3)nc(-c3cccc(-c4ccccc4)c3)n2)c1. The lowest BCUT2D eigenvalue weighted by atomic mass is 10.0. The van der Waals surface area contributed by atoms with Gasteiger partial charge in [0.15, 0.2) is 17.5 Å². The third kappa shape index (κ3) is 7.64. The standard InChI is InChI=1S/C34H25N3.C3H8.C2H6/c1-24-11-8-18-29(21-24)32-35-33(30-19-9-16-27(22-30)25-12-4-2-5-13-25)37-34(36-32)31-20-10-17-28(23-31)26-14-6-3-7-15-26;1-3-2;1-2/h2-23H,1H3;3H2,1-2H3;1-2H3. The second-order valence-corrected chi connectivity index (χ2v) is 9.78. The van der Waals surface area contributed by atoms with Crippen LogP contribution in [0.2, 0.25) is 0 Å². The second-order valence-electron chi connectivity index (χ2n) is 9.78. The number of aromatic nitrogens is 3. The van der Waals surface area contributed by atoms with Crippen LogP contribution in [0.25, 0.3) is 56.4 Å². The Morgan fingerprint density at radius 1 is 0.381 bits per heavy atom. The van der Waals surface area contributed by atoms with E-state index in [0.29, 0.717) is 17.5 Å². The highest BCUT2D eigenvalue weighted by molar-refractivity contribution is 5.74. The van der Waals surface area contributed by atoms with Crippen LogP contribution in [0.15, 0.2) is 133 Å². The molecule has 3 heteroatoms. The van der Waals surface area contributed by atoms with Crippen molar-refractivity contribution in [2.24, 2.45) is 0 Å². The van der Waals surface area contributed by atoms with E-state index in [2.05, 4.69) is 136 Å². The first-order valence-corrected chi connectivity index (χ1v) is 14.8. The Balaban J connectivity index is 0.000000763. The van der Waals surface area contributed by atoms with Crippen molar-refractivity contribution < 1.29 is 0 Å². The first-order chi connectivity index (χ1) is 20.6. The molecule has 5 aromatic carbocycles. The van der Waals surface area contributed by atoms with Gasteiger partial charge in [-0.1, -0.05) is 155 Å². The normalized spacial score (nSPS) is 10.1. The zero-order valence-electron chi connectivity index (χ0n) is 25.3. The van der Waals surface area contributed by atoms with E-state index in [1.54, 1.807) is 0 Å². The lowest BCUT2D eigenvalue weighted by Gasteiger charge is -2.11. The van der Waals surface area contributed by atoms with E-state index in [-0.39, 0.29) is 0 Å². The van der Waals surface area contributed by atoms with Crippen molar-refractivity contribution in [1.82, 2.24) is 15.0 Å². The van der Waals surface area contributed by atoms with E-state index >= 15 is 0 Å². The quantitative estimate of drug-likeness (QED) is 0.215. The molecular formula is C39H39N3. The Morgan fingerprint density at radius 3 is 1.07 bits per heavy atom. The molecule has 6 rings (SSSR count). The fourth-order valence-electron chi connectivity index (χ4n) is 4.48. The molecule has 0 unspecified atom stereocenters. The van der Waals surface area contributed by atoms with Crippen molar-refractivity contribution in [3.8, 4) is 56.4 Å². The summed E-state index contributed by atoms with van der Waals surface area (Å²) >= 11 is 0. The highest BCUT2D eigenvalue weighted by Crippen LogP contribution is 2.30. The van der Waals surface area contributed by atoms with Gasteiger partial charge in [0.2, 0.25) is 0 Å². The van der Waals surface area contributed by atoms with Crippen LogP contribution >= 0.6 is 0 Å². The number of nitrogens with zero attached hydrogens (tertiary/aromatic N) is 3. The average molecular weight is 550 g/mol. The Labute approximate surface area is 251 Å². The number of hydrogen-bond acceptors (Lipinski definition) is 3. The summed E-state index contributed by atoms with van der Waals surface area (Å²) in [4.78, 5) is 14.8. The summed E-state index contributed by atoms with van der Waals surface area (Å²) in [6.45, 7) is 10.3. The van der Waals surface area contributed by atoms with Crippen molar-refractivity contribution in [2.45, 2.75) is 41.0 Å². The van der Waals surface area contributed by atoms with Gasteiger partial charge in [-0.2, -0.15) is 0 Å². The van der Waals surface area contributed by atoms with Gasteiger partial charge in [0.05, 0.1) is 0 Å². The first kappa shape index (κ1) is 30.1. The predicted molar refractivity (Wildman–Crippen MR) is 179 cm³/mol. The summed E-state index contributed by atoms with van der Waals surface area (Å²) in [5.41, 5.74) is 8.63. The molecule has 6 aromatic rings. The van der Waals surface area contributed by atoms with Gasteiger partial charge < -0.3 is 0 Å². The summed E-state index contributed by atoms with van der Waals surface area (Å²) < 4.78 is 0. The van der Waals surface area contributed by atoms with Crippen LogP contribution in [0.5, 0.6) is 0 Å². The van der Waals surface area contributed by atoms with Crippen molar-refractivity contribution in [3.63, 3.8) is 0 Å². The van der Waals surface area contributed by atoms with Gasteiger partial charge >= 0.3 is 0 Å². The van der Waals surface area contributed by atoms with E-state index in [1.807, 2.05) is 32.0 Å². The van der Waals surface area contributed by atoms with Crippen molar-refractivity contribution in [1.29, 1.82) is 0 Å². The fraction of sp³-hybridized carbons (Fsp3) is 0.154. The molecule has 0 saturated carbocycles. The van der Waals surface area contributed by atoms with Crippen LogP contribution in [0.4, 0.5) is 0 Å². The predicted octanol–water partition coefficient (Wildman–Crippen LogP) is 11.0. The number of benzene rings is 5. The summed E-state index contributed by atoms with van der Waals surface area (Å²) in [5, 5.41) is 0. The van der Waals surface area contributed by atoms with E-state index in [0.717, 1.165) is 44.5 Å². The highest BCUT2D eigenvalue weighted by Gasteiger charge is 2.14. The maximum absolute atomic E-state index is 4.97. The van der Waals surface area contributed by atoms with Crippen molar-refractivity contribution >= 4 is 0 Å². The molecule has 0 N–H and O–H groups in total. The van der Waals surface area contributed by atoms with Gasteiger partial charge in [-0.25, -0.2) is 15.0 Å². The number of hydrogen-bond donors (Lipinski definition) is 0. The van der Waals surface area contributed by atoms with Crippen molar-refractivity contribution in [2.75, 3.05) is 0 Å². The molecule has 0 bridgehead atoms. The summed E-state index contributed by atoms with van der Waals surface area (Å²) in [6.07, 6.45) is 1.25. The van der Waals surface area contributed by atoms with Gasteiger partial charge in [-0.15, -0.1) is 0 Å². The van der Waals surface area contributed by atoms with E-state index in [4.69, 9.17) is 15.0 Å². The first-order valence-electron chi connectivity index (χ1n) is 14.8. The van der Waals surface area contributed by atoms with Gasteiger partial charge in [0, 0.05) is 16.7 Å². The number of rotatable bonds is 5. The van der Waals surface area contributed by atoms with Gasteiger partial charge in [-0.05, 0) is 47.4 Å². The van der Waals surface area contributed by atoms with Crippen LogP contribution in [-0.4, -0.2) is 15.0 Å². The zero-order valence-corrected chi connectivity index (χ0v) is 25.3. The lowest BCUT2D eigenvalue weighted by Crippen LogP contribution is -2.00. The molecule has 42 heavy (non-hydrogen) atoms. The van der Waals surface area contributed by atoms with Crippen molar-refractivity contribution in [3.05, 3.63) is 139 Å². The monoisotopic (exact) mass is 549 g/mol. The third-order valence-electron chi connectivity index (χ3n) is 6.37. The topological polar surface area (TPSA) is 38.7 Å². The molecule has 3 nitrogen and oxygen atoms in total. The molecule has 210 valence electrons. The molecule has 0 saturated heterocycles. The van der Waals surface area contributed by atoms with Gasteiger partial charge in [-0.3, -0.25) is 0 Å². The molecule has 0 aliphatic carbocycles. The fourth-order valence-corrected chi connectivity index (χ4v) is 4.48. The lowest BCUT2D eigenvalue weighted by molar-refractivity contribution is 1.07. The maximum Gasteiger partial charge on any atom is 0.164 e. The minimum Gasteiger partial charge on any atom is -0.208 e. The second kappa shape index (κ2) is 15.2. The van der Waals surface area contributed by atoms with E-state index < -0.39 is 0 Å². The van der Waals surface area contributed by atoms with Crippen LogP contribution in [0, 0.1) is 6.92 Å². The van der Waals surface area contributed by atoms with Gasteiger partial charge in [0.1, 0.15) is 0 Å². The molecular weight excluding hydrogens is 510 g/mol. The summed E-state index contributed by atoms with van der Waals surface area (Å²) in [6, 6.07) is 45.8. The Bertz CT molecular complexity index is 1590. The molecule has 0 radical (unpaired) electrons. The van der Waals surface area contributed by atoms with Crippen LogP contribution in [-0.2, 0) is 0 Å². The zero-order chi connectivity index (χ0) is 29.7. The number of aryl methyl sites for hydroxylation is 1. The highest BCUT2D eigenvalue weighted by atomic mass is 15.0. The van der Waals surface area contributed by atoms with Crippen LogP contribution in [0.1, 0.15) is 39.7 Å². The Hall–Kier alpha value is -4.89. The van der Waals surface area contributed by atoms with Crippen LogP contribution in [0.3, 0.4) is 0 Å². The Kier molecular flexibility index (Phi) is 10.9. The largest absolute Gasteiger partial charge is 0.208 e. The minimum atomic E-state index is 0.657. The summed E-state index contributed by atoms with van der Waals surface area (Å²) in [5.74, 6) is 1.98. The van der Waals surface area contributed by atoms with E-state index in [1.165, 1.54) is 6.42 Å². The average Bonchev–Trinajstić information content (AvgIpc) is 3.07. The molecule has 0 atom stereocenters. The molecule has 0 aliphatic rings. The molecule has 0 fully saturated rings. The third-order valence-corrected chi connectivity index (χ3v) is 6.37. The molecule has 0 aliphatic heterocycles. The Morgan fingerprint density at radius 2 is 0.690 bits per heavy atom. The minimum absolute atomic E-state index is 0.657. The van der Waals surface area contributed by atoms with E-state index in [9.17, 15) is 0 Å². The van der Waals surface area contributed by atoms with Gasteiger partial charge in [0.25, 0.3) is 0 Å². The maximum atomic E-state index is 4.97. The smallest absolute Gasteiger partial charge is 0.164 e. The molecule has 1 aromatic heterocycles. The van der Waals surface area contributed by atoms with Crippen LogP contribution < -0.4 is 0 Å². The molecule has 0 amide bonds. The molecule has 0 spiro atoms.